The molecule has 8 aliphatic rings. The Kier molecular flexibility index (Phi) is 29.2. The van der Waals surface area contributed by atoms with Gasteiger partial charge in [-0.05, 0) is 80.5 Å². The number of hydrogen-bond donors (Lipinski definition) is 4. The molecule has 8 aromatic rings. The Labute approximate surface area is 695 Å². The number of nitrogens with zero attached hydrogens (tertiary/aromatic N) is 22. The van der Waals surface area contributed by atoms with E-state index in [1.807, 2.05) is 79.9 Å². The van der Waals surface area contributed by atoms with Crippen LogP contribution in [0.5, 0.6) is 0 Å². The molecule has 9 atom stereocenters. The van der Waals surface area contributed by atoms with E-state index in [1.165, 1.54) is 43.0 Å². The number of pyridine rings is 3. The number of alkyl halides is 8. The first-order valence-corrected chi connectivity index (χ1v) is 40.4. The lowest BCUT2D eigenvalue weighted by Crippen LogP contribution is -2.48. The summed E-state index contributed by atoms with van der Waals surface area (Å²) in [5.74, 6) is 4.39. The van der Waals surface area contributed by atoms with E-state index in [0.29, 0.717) is 215 Å². The molecule has 654 valence electrons. The van der Waals surface area contributed by atoms with Crippen LogP contribution in [0.25, 0.3) is 45.2 Å². The van der Waals surface area contributed by atoms with Gasteiger partial charge in [0.25, 0.3) is 25.7 Å². The molecule has 0 aromatic carbocycles. The molecule has 8 saturated heterocycles. The van der Waals surface area contributed by atoms with Crippen LogP contribution in [-0.4, -0.2) is 276 Å². The van der Waals surface area contributed by atoms with E-state index in [0.717, 1.165) is 0 Å². The van der Waals surface area contributed by atoms with Crippen LogP contribution in [0.1, 0.15) is 110 Å². The third kappa shape index (κ3) is 22.2. The Balaban J connectivity index is 0.000000139. The SMILES string of the molecule is C[C@@H]1CN(c2nc(-c3cnc(N)cc3C(F)F)cc(N3CCOC[C@H]3C)n2)C[C@H](C)O1.C[C@@H]1CN(c2nc(-c3cnc(N)cc3C(F)F)nc(N3C[C@@H](C)O[C@@H](C)C3)n2)C[C@H](C)O1.C[C@H]1COCCN1c1nc(-c2cnc(N)cc2C(F)F)cc(N2CCOCC2)n1.C[C@H]1COCCN1c1nc(-c2cnc(N)nc2C(F)F)cc(N2CCOCC2)n1. The van der Waals surface area contributed by atoms with Crippen LogP contribution in [-0.2, 0) is 37.9 Å². The van der Waals surface area contributed by atoms with Crippen LogP contribution < -0.4 is 62.1 Å². The monoisotopic (exact) mass is 1700 g/mol. The molecule has 34 nitrogen and oxygen atoms in total. The van der Waals surface area contributed by atoms with Gasteiger partial charge in [0, 0.05) is 167 Å². The first-order chi connectivity index (χ1) is 58.1. The van der Waals surface area contributed by atoms with E-state index in [1.54, 1.807) is 18.2 Å². The van der Waals surface area contributed by atoms with Gasteiger partial charge in [-0.15, -0.1) is 0 Å². The quantitative estimate of drug-likeness (QED) is 0.0654. The maximum Gasteiger partial charge on any atom is 0.281 e. The van der Waals surface area contributed by atoms with Gasteiger partial charge in [0.05, 0.1) is 138 Å². The van der Waals surface area contributed by atoms with Crippen LogP contribution in [0.4, 0.5) is 106 Å². The highest BCUT2D eigenvalue weighted by atomic mass is 19.3. The number of nitrogen functional groups attached to an aromatic ring is 4. The van der Waals surface area contributed by atoms with Crippen molar-refractivity contribution < 1.29 is 73.0 Å². The highest BCUT2D eigenvalue weighted by molar-refractivity contribution is 5.72. The van der Waals surface area contributed by atoms with E-state index in [2.05, 4.69) is 71.5 Å². The van der Waals surface area contributed by atoms with Crippen LogP contribution in [0, 0.1) is 0 Å². The van der Waals surface area contributed by atoms with Gasteiger partial charge in [0.15, 0.2) is 5.82 Å². The van der Waals surface area contributed by atoms with Crippen molar-refractivity contribution in [1.82, 2.24) is 69.8 Å². The molecule has 8 aromatic heterocycles. The topological polar surface area (TPSA) is 384 Å². The molecule has 8 fully saturated rings. The Morgan fingerprint density at radius 2 is 0.636 bits per heavy atom. The minimum absolute atomic E-state index is 0.0107. The van der Waals surface area contributed by atoms with Crippen LogP contribution >= 0.6 is 0 Å². The Hall–Kier alpha value is -10.5. The standard InChI is InChI=1S/C21H29F2N7O2.C21H28F2N6O2.C19H24F2N6O2.C18H23F2N7O2/c1-11-7-29(8-12(2)31-11)20-26-19(16-6-25-17(24)5-15(16)18(22)23)27-21(28-20)30-9-13(3)32-14(4)10-30;1-12-11-30-5-4-29(12)19-7-17(16-8-25-18(24)6-15(16)20(22)23)26-21(27-19)28-9-13(2)31-14(3)10-28;1-12-11-29-7-4-27(12)19-24-15(9-17(25-19)26-2-5-28-6-3-26)14-10-23-16(22)8-13(14)18(20)21;1-11-10-29-7-4-27(11)18-23-13(8-14(24-18)26-2-5-28-6-3-26)12-9-22-17(21)25-15(12)16(19)20/h5-6,11-14,18H,7-10H2,1-4H3,(H2,24,25);6-8,12-14,20H,4-5,9-11H2,1-3H3,(H2,24,25);8-10,12,18H,2-7,11H2,1H3,(H2,22,23);8-9,11,16H,2-7,10H2,1H3,(H2,21,22,25)/t11-,12+,13-,14+;12-,13-,14+;12-;11-/m.100/s1. The molecule has 16 rings (SSSR count). The highest BCUT2D eigenvalue weighted by Crippen LogP contribution is 2.40. The van der Waals surface area contributed by atoms with E-state index in [9.17, 15) is 35.1 Å². The van der Waals surface area contributed by atoms with Crippen molar-refractivity contribution in [2.24, 2.45) is 0 Å². The van der Waals surface area contributed by atoms with E-state index >= 15 is 0 Å². The van der Waals surface area contributed by atoms with Gasteiger partial charge < -0.3 is 100 Å². The first-order valence-electron chi connectivity index (χ1n) is 40.4. The third-order valence-electron chi connectivity index (χ3n) is 21.1. The second-order valence-corrected chi connectivity index (χ2v) is 30.9. The summed E-state index contributed by atoms with van der Waals surface area (Å²) in [5, 5.41) is 0. The Morgan fingerprint density at radius 1 is 0.314 bits per heavy atom. The zero-order valence-corrected chi connectivity index (χ0v) is 69.0. The van der Waals surface area contributed by atoms with Gasteiger partial charge in [0.1, 0.15) is 40.6 Å². The lowest BCUT2D eigenvalue weighted by molar-refractivity contribution is -0.00638. The molecule has 42 heteroatoms. The summed E-state index contributed by atoms with van der Waals surface area (Å²) >= 11 is 0. The van der Waals surface area contributed by atoms with Gasteiger partial charge >= 0.3 is 0 Å². The number of morpholine rings is 8. The molecule has 8 N–H and O–H groups in total. The molecule has 16 heterocycles. The summed E-state index contributed by atoms with van der Waals surface area (Å²) in [7, 11) is 0. The molecule has 0 unspecified atom stereocenters. The normalized spacial score (nSPS) is 23.1. The van der Waals surface area contributed by atoms with Crippen molar-refractivity contribution in [2.45, 2.75) is 143 Å². The minimum Gasteiger partial charge on any atom is -0.384 e. The third-order valence-corrected chi connectivity index (χ3v) is 21.1. The maximum absolute atomic E-state index is 13.8. The molecule has 0 radical (unpaired) electrons. The molecule has 0 aliphatic carbocycles. The summed E-state index contributed by atoms with van der Waals surface area (Å²) in [4.78, 5) is 78.2. The van der Waals surface area contributed by atoms with E-state index < -0.39 is 31.4 Å². The minimum atomic E-state index is -2.80. The zero-order valence-electron chi connectivity index (χ0n) is 69.0. The maximum atomic E-state index is 13.8. The predicted octanol–water partition coefficient (Wildman–Crippen LogP) is 9.21. The highest BCUT2D eigenvalue weighted by Gasteiger charge is 2.35. The molecular weight excluding hydrogens is 1590 g/mol. The van der Waals surface area contributed by atoms with Gasteiger partial charge in [-0.3, -0.25) is 0 Å². The van der Waals surface area contributed by atoms with Crippen molar-refractivity contribution in [3.8, 4) is 45.2 Å². The van der Waals surface area contributed by atoms with Gasteiger partial charge in [-0.25, -0.2) is 75.0 Å². The van der Waals surface area contributed by atoms with E-state index in [-0.39, 0.29) is 123 Å². The molecule has 0 bridgehead atoms. The molecule has 0 spiro atoms. The Morgan fingerprint density at radius 3 is 1.02 bits per heavy atom. The fourth-order valence-electron chi connectivity index (χ4n) is 15.4. The lowest BCUT2D eigenvalue weighted by Gasteiger charge is -2.37. The summed E-state index contributed by atoms with van der Waals surface area (Å²) in [5.41, 5.74) is 23.3. The average molecular weight is 1700 g/mol. The molecule has 121 heavy (non-hydrogen) atoms. The number of anilines is 12. The molecule has 0 amide bonds. The second-order valence-electron chi connectivity index (χ2n) is 30.9. The van der Waals surface area contributed by atoms with Crippen LogP contribution in [0.3, 0.4) is 0 Å². The fourth-order valence-corrected chi connectivity index (χ4v) is 15.4. The summed E-state index contributed by atoms with van der Waals surface area (Å²) in [6, 6.07) is 9.00. The molecular formula is C79H104F8N26O8. The van der Waals surface area contributed by atoms with Gasteiger partial charge in [-0.2, -0.15) is 29.9 Å². The second kappa shape index (κ2) is 40.0. The number of aromatic nitrogens is 14. The number of nitrogens with two attached hydrogens (primary N) is 4. The number of ether oxygens (including phenoxy) is 8. The average Bonchev–Trinajstić information content (AvgIpc) is 0.703. The van der Waals surface area contributed by atoms with Crippen molar-refractivity contribution in [1.29, 1.82) is 0 Å². The van der Waals surface area contributed by atoms with Crippen molar-refractivity contribution in [2.75, 3.05) is 213 Å². The number of hydrogen-bond acceptors (Lipinski definition) is 34. The number of rotatable bonds is 16. The summed E-state index contributed by atoms with van der Waals surface area (Å²) in [6.45, 7) is 31.9. The van der Waals surface area contributed by atoms with Crippen molar-refractivity contribution in [3.05, 3.63) is 83.6 Å². The molecule has 8 aliphatic heterocycles. The Bertz CT molecular complexity index is 4570. The van der Waals surface area contributed by atoms with Crippen molar-refractivity contribution in [3.63, 3.8) is 0 Å². The summed E-state index contributed by atoms with van der Waals surface area (Å²) < 4.78 is 155. The number of halogens is 8. The predicted molar refractivity (Wildman–Crippen MR) is 440 cm³/mol. The van der Waals surface area contributed by atoms with Crippen LogP contribution in [0.2, 0.25) is 0 Å². The first kappa shape index (κ1) is 88.3. The van der Waals surface area contributed by atoms with Crippen molar-refractivity contribution >= 4 is 70.6 Å². The summed E-state index contributed by atoms with van der Waals surface area (Å²) in [6.07, 6.45) is -5.66. The van der Waals surface area contributed by atoms with Gasteiger partial charge in [-0.1, -0.05) is 0 Å². The largest absolute Gasteiger partial charge is 0.384 e. The zero-order chi connectivity index (χ0) is 85.9. The van der Waals surface area contributed by atoms with Gasteiger partial charge in [0.2, 0.25) is 35.7 Å². The smallest absolute Gasteiger partial charge is 0.281 e. The van der Waals surface area contributed by atoms with Crippen LogP contribution in [0.15, 0.2) is 61.2 Å². The molecule has 0 saturated carbocycles. The fraction of sp³-hybridized carbons (Fsp3) is 0.570. The van der Waals surface area contributed by atoms with E-state index in [4.69, 9.17) is 80.8 Å². The lowest BCUT2D eigenvalue weighted by atomic mass is 10.1.